The number of likely N-dealkylation sites (N-methyl/N-ethyl adjacent to an activating group) is 1. The lowest BCUT2D eigenvalue weighted by molar-refractivity contribution is -0.118. The highest BCUT2D eigenvalue weighted by Gasteiger charge is 2.07. The molecular weight excluding hydrogens is 241 g/mol. The Kier molecular flexibility index (Phi) is 4.53. The first-order valence-corrected chi connectivity index (χ1v) is 5.35. The highest BCUT2D eigenvalue weighted by Crippen LogP contribution is 2.11. The quantitative estimate of drug-likeness (QED) is 0.746. The minimum absolute atomic E-state index is 0.110. The number of amides is 1. The third kappa shape index (κ3) is 4.46. The average molecular weight is 255 g/mol. The molecule has 0 saturated carbocycles. The first-order valence-electron chi connectivity index (χ1n) is 4.94. The van der Waals surface area contributed by atoms with Gasteiger partial charge in [0.2, 0.25) is 5.91 Å². The Hall–Kier alpha value is -1.53. The SMILES string of the molecule is CN(CC(N)=O)Cc1cc(F)cc(C(N)=S)c1. The molecular formula is C11H14FN3OS. The molecule has 0 heterocycles. The summed E-state index contributed by atoms with van der Waals surface area (Å²) in [6.07, 6.45) is 0. The standard InChI is InChI=1S/C11H14FN3OS/c1-15(6-10(13)16)5-7-2-8(11(14)17)4-9(12)3-7/h2-4H,5-6H2,1H3,(H2,13,16)(H2,14,17). The topological polar surface area (TPSA) is 72.3 Å². The van der Waals surface area contributed by atoms with Gasteiger partial charge in [-0.25, -0.2) is 4.39 Å². The summed E-state index contributed by atoms with van der Waals surface area (Å²) >= 11 is 4.79. The Morgan fingerprint density at radius 3 is 2.59 bits per heavy atom. The number of nitrogens with two attached hydrogens (primary N) is 2. The lowest BCUT2D eigenvalue weighted by atomic mass is 10.1. The van der Waals surface area contributed by atoms with Crippen molar-refractivity contribution in [2.45, 2.75) is 6.54 Å². The van der Waals surface area contributed by atoms with Crippen molar-refractivity contribution < 1.29 is 9.18 Å². The molecule has 1 rings (SSSR count). The fourth-order valence-electron chi connectivity index (χ4n) is 1.52. The van der Waals surface area contributed by atoms with Crippen LogP contribution < -0.4 is 11.5 Å². The van der Waals surface area contributed by atoms with Crippen molar-refractivity contribution in [3.8, 4) is 0 Å². The second-order valence-corrected chi connectivity index (χ2v) is 4.29. The molecule has 0 aliphatic heterocycles. The largest absolute Gasteiger partial charge is 0.389 e. The van der Waals surface area contributed by atoms with Gasteiger partial charge in [-0.1, -0.05) is 12.2 Å². The number of benzene rings is 1. The van der Waals surface area contributed by atoms with E-state index in [0.717, 1.165) is 0 Å². The van der Waals surface area contributed by atoms with Gasteiger partial charge in [0.1, 0.15) is 10.8 Å². The molecule has 1 aromatic carbocycles. The van der Waals surface area contributed by atoms with E-state index in [1.165, 1.54) is 12.1 Å². The van der Waals surface area contributed by atoms with Crippen molar-refractivity contribution in [3.63, 3.8) is 0 Å². The smallest absolute Gasteiger partial charge is 0.231 e. The molecule has 0 unspecified atom stereocenters. The zero-order valence-electron chi connectivity index (χ0n) is 9.44. The van der Waals surface area contributed by atoms with Crippen molar-refractivity contribution in [3.05, 3.63) is 35.1 Å². The number of carbonyl (C=O) groups excluding carboxylic acids is 1. The first-order chi connectivity index (χ1) is 7.88. The van der Waals surface area contributed by atoms with Crippen LogP contribution in [-0.2, 0) is 11.3 Å². The van der Waals surface area contributed by atoms with Crippen molar-refractivity contribution in [1.82, 2.24) is 4.90 Å². The molecule has 6 heteroatoms. The fraction of sp³-hybridized carbons (Fsp3) is 0.273. The maximum Gasteiger partial charge on any atom is 0.231 e. The van der Waals surface area contributed by atoms with E-state index in [2.05, 4.69) is 0 Å². The maximum absolute atomic E-state index is 13.3. The van der Waals surface area contributed by atoms with E-state index >= 15 is 0 Å². The molecule has 0 aliphatic carbocycles. The molecule has 0 spiro atoms. The van der Waals surface area contributed by atoms with Gasteiger partial charge in [-0.2, -0.15) is 0 Å². The van der Waals surface area contributed by atoms with E-state index in [0.29, 0.717) is 17.7 Å². The highest BCUT2D eigenvalue weighted by molar-refractivity contribution is 7.80. The zero-order chi connectivity index (χ0) is 13.0. The summed E-state index contributed by atoms with van der Waals surface area (Å²) in [5.74, 6) is -0.837. The predicted octanol–water partition coefficient (Wildman–Crippen LogP) is 0.377. The molecule has 1 amide bonds. The van der Waals surface area contributed by atoms with E-state index in [4.69, 9.17) is 23.7 Å². The zero-order valence-corrected chi connectivity index (χ0v) is 10.3. The summed E-state index contributed by atoms with van der Waals surface area (Å²) in [5.41, 5.74) is 11.7. The molecule has 4 nitrogen and oxygen atoms in total. The minimum atomic E-state index is -0.432. The first kappa shape index (κ1) is 13.5. The second kappa shape index (κ2) is 5.70. The van der Waals surface area contributed by atoms with Crippen LogP contribution in [0.25, 0.3) is 0 Å². The number of primary amides is 1. The van der Waals surface area contributed by atoms with Gasteiger partial charge >= 0.3 is 0 Å². The van der Waals surface area contributed by atoms with Gasteiger partial charge in [0.15, 0.2) is 0 Å². The van der Waals surface area contributed by atoms with E-state index < -0.39 is 11.7 Å². The summed E-state index contributed by atoms with van der Waals surface area (Å²) in [6.45, 7) is 0.509. The molecule has 0 aliphatic rings. The predicted molar refractivity (Wildman–Crippen MR) is 67.8 cm³/mol. The van der Waals surface area contributed by atoms with Crippen LogP contribution in [-0.4, -0.2) is 29.4 Å². The summed E-state index contributed by atoms with van der Waals surface area (Å²) in [4.78, 5) is 12.5. The molecule has 0 radical (unpaired) electrons. The van der Waals surface area contributed by atoms with Gasteiger partial charge < -0.3 is 11.5 Å². The van der Waals surface area contributed by atoms with E-state index in [9.17, 15) is 9.18 Å². The highest BCUT2D eigenvalue weighted by atomic mass is 32.1. The number of hydrogen-bond donors (Lipinski definition) is 2. The fourth-order valence-corrected chi connectivity index (χ4v) is 1.64. The summed E-state index contributed by atoms with van der Waals surface area (Å²) in [6, 6.07) is 4.35. The molecule has 0 fully saturated rings. The van der Waals surface area contributed by atoms with Gasteiger partial charge in [0.05, 0.1) is 6.54 Å². The normalized spacial score (nSPS) is 10.5. The van der Waals surface area contributed by atoms with Crippen LogP contribution in [0.15, 0.2) is 18.2 Å². The Bertz CT molecular complexity index is 450. The Balaban J connectivity index is 2.84. The lowest BCUT2D eigenvalue weighted by Gasteiger charge is -2.15. The van der Waals surface area contributed by atoms with Gasteiger partial charge in [0.25, 0.3) is 0 Å². The van der Waals surface area contributed by atoms with Gasteiger partial charge in [-0.3, -0.25) is 9.69 Å². The van der Waals surface area contributed by atoms with Gasteiger partial charge in [0, 0.05) is 12.1 Å². The number of halogens is 1. The van der Waals surface area contributed by atoms with Crippen LogP contribution in [0.4, 0.5) is 4.39 Å². The van der Waals surface area contributed by atoms with Gasteiger partial charge in [-0.15, -0.1) is 0 Å². The van der Waals surface area contributed by atoms with Crippen LogP contribution in [0.3, 0.4) is 0 Å². The van der Waals surface area contributed by atoms with Crippen molar-refractivity contribution in [1.29, 1.82) is 0 Å². The maximum atomic E-state index is 13.3. The molecule has 1 aromatic rings. The summed E-state index contributed by atoms with van der Waals surface area (Å²) < 4.78 is 13.3. The third-order valence-corrected chi connectivity index (χ3v) is 2.36. The van der Waals surface area contributed by atoms with Crippen molar-refractivity contribution in [2.75, 3.05) is 13.6 Å². The second-order valence-electron chi connectivity index (χ2n) is 3.85. The third-order valence-electron chi connectivity index (χ3n) is 2.12. The van der Waals surface area contributed by atoms with Crippen molar-refractivity contribution >= 4 is 23.1 Å². The molecule has 0 saturated heterocycles. The lowest BCUT2D eigenvalue weighted by Crippen LogP contribution is -2.30. The van der Waals surface area contributed by atoms with E-state index in [-0.39, 0.29) is 11.5 Å². The number of carbonyl (C=O) groups is 1. The van der Waals surface area contributed by atoms with E-state index in [1.807, 2.05) is 0 Å². The van der Waals surface area contributed by atoms with Crippen LogP contribution in [0, 0.1) is 5.82 Å². The van der Waals surface area contributed by atoms with Crippen LogP contribution >= 0.6 is 12.2 Å². The minimum Gasteiger partial charge on any atom is -0.389 e. The number of nitrogens with zero attached hydrogens (tertiary/aromatic N) is 1. The molecule has 0 bridgehead atoms. The Morgan fingerprint density at radius 1 is 1.41 bits per heavy atom. The molecule has 0 aromatic heterocycles. The monoisotopic (exact) mass is 255 g/mol. The van der Waals surface area contributed by atoms with E-state index in [1.54, 1.807) is 18.0 Å². The van der Waals surface area contributed by atoms with Gasteiger partial charge in [-0.05, 0) is 30.8 Å². The number of thiocarbonyl (C=S) groups is 1. The molecule has 4 N–H and O–H groups in total. The average Bonchev–Trinajstić information content (AvgIpc) is 2.14. The molecule has 17 heavy (non-hydrogen) atoms. The molecule has 92 valence electrons. The van der Waals surface area contributed by atoms with Crippen LogP contribution in [0.2, 0.25) is 0 Å². The Morgan fingerprint density at radius 2 is 2.06 bits per heavy atom. The number of hydrogen-bond acceptors (Lipinski definition) is 3. The number of rotatable bonds is 5. The molecule has 0 atom stereocenters. The summed E-state index contributed by atoms with van der Waals surface area (Å²) in [5, 5.41) is 0. The van der Waals surface area contributed by atoms with Crippen LogP contribution in [0.1, 0.15) is 11.1 Å². The Labute approximate surface area is 104 Å². The van der Waals surface area contributed by atoms with Crippen molar-refractivity contribution in [2.24, 2.45) is 11.5 Å². The summed E-state index contributed by atoms with van der Waals surface area (Å²) in [7, 11) is 1.72. The van der Waals surface area contributed by atoms with Crippen LogP contribution in [0.5, 0.6) is 0 Å².